The first-order valence-electron chi connectivity index (χ1n) is 7.10. The lowest BCUT2D eigenvalue weighted by Crippen LogP contribution is -2.21. The molecular weight excluding hydrogens is 238 g/mol. The molecule has 0 radical (unpaired) electrons. The summed E-state index contributed by atoms with van der Waals surface area (Å²) in [7, 11) is 0. The summed E-state index contributed by atoms with van der Waals surface area (Å²) in [4.78, 5) is 11.9. The second kappa shape index (κ2) is 7.82. The Morgan fingerprint density at radius 3 is 2.21 bits per heavy atom. The number of benzene rings is 1. The van der Waals surface area contributed by atoms with Crippen molar-refractivity contribution in [3.63, 3.8) is 0 Å². The molecule has 0 fully saturated rings. The second-order valence-corrected chi connectivity index (χ2v) is 5.23. The zero-order valence-corrected chi connectivity index (χ0v) is 12.4. The van der Waals surface area contributed by atoms with E-state index in [0.717, 1.165) is 24.3 Å². The molecule has 3 nitrogen and oxygen atoms in total. The van der Waals surface area contributed by atoms with E-state index in [-0.39, 0.29) is 11.8 Å². The molecule has 1 aromatic carbocycles. The van der Waals surface area contributed by atoms with E-state index in [1.165, 1.54) is 0 Å². The van der Waals surface area contributed by atoms with Crippen molar-refractivity contribution in [2.24, 2.45) is 11.8 Å². The fourth-order valence-electron chi connectivity index (χ4n) is 1.80. The second-order valence-electron chi connectivity index (χ2n) is 5.23. The Morgan fingerprint density at radius 1 is 1.16 bits per heavy atom. The van der Waals surface area contributed by atoms with Gasteiger partial charge in [0.2, 0.25) is 5.91 Å². The average molecular weight is 263 g/mol. The van der Waals surface area contributed by atoms with Crippen molar-refractivity contribution >= 4 is 11.6 Å². The fourth-order valence-corrected chi connectivity index (χ4v) is 1.80. The van der Waals surface area contributed by atoms with Crippen LogP contribution in [-0.4, -0.2) is 12.5 Å². The lowest BCUT2D eigenvalue weighted by molar-refractivity contribution is -0.120. The molecule has 0 aromatic heterocycles. The summed E-state index contributed by atoms with van der Waals surface area (Å²) in [5.41, 5.74) is 0.828. The van der Waals surface area contributed by atoms with Gasteiger partial charge in [0.25, 0.3) is 0 Å². The van der Waals surface area contributed by atoms with Crippen LogP contribution in [0.5, 0.6) is 5.75 Å². The molecule has 1 amide bonds. The predicted molar refractivity (Wildman–Crippen MR) is 79.5 cm³/mol. The van der Waals surface area contributed by atoms with Gasteiger partial charge in [-0.05, 0) is 43.0 Å². The van der Waals surface area contributed by atoms with E-state index < -0.39 is 0 Å². The lowest BCUT2D eigenvalue weighted by atomic mass is 10.0. The van der Waals surface area contributed by atoms with Crippen molar-refractivity contribution < 1.29 is 9.53 Å². The highest BCUT2D eigenvalue weighted by molar-refractivity contribution is 5.92. The van der Waals surface area contributed by atoms with Gasteiger partial charge < -0.3 is 10.1 Å². The molecule has 0 saturated carbocycles. The first-order valence-corrected chi connectivity index (χ1v) is 7.10. The van der Waals surface area contributed by atoms with Crippen molar-refractivity contribution in [3.05, 3.63) is 24.3 Å². The fraction of sp³-hybridized carbons (Fsp3) is 0.562. The van der Waals surface area contributed by atoms with Crippen LogP contribution in [0, 0.1) is 11.8 Å². The van der Waals surface area contributed by atoms with Gasteiger partial charge in [-0.25, -0.2) is 0 Å². The largest absolute Gasteiger partial charge is 0.493 e. The van der Waals surface area contributed by atoms with Gasteiger partial charge in [0.15, 0.2) is 0 Å². The molecule has 1 aromatic rings. The van der Waals surface area contributed by atoms with Crippen molar-refractivity contribution in [3.8, 4) is 5.75 Å². The molecule has 1 rings (SSSR count). The van der Waals surface area contributed by atoms with Crippen LogP contribution in [0.25, 0.3) is 0 Å². The Labute approximate surface area is 116 Å². The number of carbonyl (C=O) groups is 1. The van der Waals surface area contributed by atoms with Crippen LogP contribution < -0.4 is 10.1 Å². The zero-order chi connectivity index (χ0) is 14.3. The zero-order valence-electron chi connectivity index (χ0n) is 12.4. The van der Waals surface area contributed by atoms with Gasteiger partial charge >= 0.3 is 0 Å². The summed E-state index contributed by atoms with van der Waals surface area (Å²) >= 11 is 0. The Kier molecular flexibility index (Phi) is 6.40. The monoisotopic (exact) mass is 263 g/mol. The number of amides is 1. The molecule has 0 bridgehead atoms. The van der Waals surface area contributed by atoms with E-state index in [0.29, 0.717) is 12.5 Å². The molecule has 1 N–H and O–H groups in total. The maximum atomic E-state index is 11.9. The van der Waals surface area contributed by atoms with Gasteiger partial charge in [0, 0.05) is 11.6 Å². The molecule has 0 aliphatic rings. The number of carbonyl (C=O) groups excluding carboxylic acids is 1. The number of ether oxygens (including phenoxy) is 1. The van der Waals surface area contributed by atoms with Crippen LogP contribution in [0.2, 0.25) is 0 Å². The normalized spacial score (nSPS) is 10.8. The maximum absolute atomic E-state index is 11.9. The van der Waals surface area contributed by atoms with Crippen molar-refractivity contribution in [2.45, 2.75) is 40.5 Å². The average Bonchev–Trinajstić information content (AvgIpc) is 2.39. The van der Waals surface area contributed by atoms with Crippen molar-refractivity contribution in [2.75, 3.05) is 11.9 Å². The first kappa shape index (κ1) is 15.5. The van der Waals surface area contributed by atoms with Gasteiger partial charge in [-0.2, -0.15) is 0 Å². The Bertz CT molecular complexity index is 380. The van der Waals surface area contributed by atoms with Gasteiger partial charge in [0.1, 0.15) is 5.75 Å². The van der Waals surface area contributed by atoms with E-state index >= 15 is 0 Å². The minimum Gasteiger partial charge on any atom is -0.493 e. The third kappa shape index (κ3) is 5.33. The summed E-state index contributed by atoms with van der Waals surface area (Å²) in [5.74, 6) is 1.54. The predicted octanol–water partition coefficient (Wildman–Crippen LogP) is 4.10. The van der Waals surface area contributed by atoms with E-state index in [4.69, 9.17) is 4.74 Å². The molecule has 3 heteroatoms. The van der Waals surface area contributed by atoms with Crippen molar-refractivity contribution in [1.29, 1.82) is 0 Å². The minimum absolute atomic E-state index is 0.0943. The standard InChI is InChI=1S/C16H25NO2/c1-5-13(6-2)16(18)17-14-7-9-15(10-8-14)19-11-12(3)4/h7-10,12-13H,5-6,11H2,1-4H3,(H,17,18). The van der Waals surface area contributed by atoms with E-state index in [9.17, 15) is 4.79 Å². The van der Waals surface area contributed by atoms with Crippen LogP contribution in [0.3, 0.4) is 0 Å². The smallest absolute Gasteiger partial charge is 0.227 e. The molecule has 19 heavy (non-hydrogen) atoms. The number of nitrogens with one attached hydrogen (secondary N) is 1. The molecule has 0 aliphatic carbocycles. The maximum Gasteiger partial charge on any atom is 0.227 e. The van der Waals surface area contributed by atoms with Gasteiger partial charge in [-0.15, -0.1) is 0 Å². The number of rotatable bonds is 7. The minimum atomic E-state index is 0.0943. The quantitative estimate of drug-likeness (QED) is 0.804. The number of hydrogen-bond acceptors (Lipinski definition) is 2. The van der Waals surface area contributed by atoms with E-state index in [2.05, 4.69) is 19.2 Å². The number of hydrogen-bond donors (Lipinski definition) is 1. The summed E-state index contributed by atoms with van der Waals surface area (Å²) in [6, 6.07) is 7.56. The molecule has 0 aliphatic heterocycles. The lowest BCUT2D eigenvalue weighted by Gasteiger charge is -2.13. The Morgan fingerprint density at radius 2 is 1.74 bits per heavy atom. The van der Waals surface area contributed by atoms with Crippen LogP contribution in [0.1, 0.15) is 40.5 Å². The highest BCUT2D eigenvalue weighted by Crippen LogP contribution is 2.18. The summed E-state index contributed by atoms with van der Waals surface area (Å²) in [6.45, 7) is 9.01. The van der Waals surface area contributed by atoms with Gasteiger partial charge in [-0.1, -0.05) is 27.7 Å². The Balaban J connectivity index is 2.54. The highest BCUT2D eigenvalue weighted by Gasteiger charge is 2.13. The Hall–Kier alpha value is -1.51. The topological polar surface area (TPSA) is 38.3 Å². The molecule has 0 atom stereocenters. The summed E-state index contributed by atoms with van der Waals surface area (Å²) in [6.07, 6.45) is 1.75. The van der Waals surface area contributed by atoms with E-state index in [1.807, 2.05) is 38.1 Å². The van der Waals surface area contributed by atoms with E-state index in [1.54, 1.807) is 0 Å². The molecule has 0 unspecified atom stereocenters. The molecular formula is C16H25NO2. The van der Waals surface area contributed by atoms with Crippen LogP contribution in [-0.2, 0) is 4.79 Å². The van der Waals surface area contributed by atoms with Crippen LogP contribution in [0.15, 0.2) is 24.3 Å². The molecule has 0 saturated heterocycles. The molecule has 106 valence electrons. The van der Waals surface area contributed by atoms with Crippen LogP contribution >= 0.6 is 0 Å². The van der Waals surface area contributed by atoms with Gasteiger partial charge in [0.05, 0.1) is 6.61 Å². The highest BCUT2D eigenvalue weighted by atomic mass is 16.5. The van der Waals surface area contributed by atoms with Crippen molar-refractivity contribution in [1.82, 2.24) is 0 Å². The van der Waals surface area contributed by atoms with Crippen LogP contribution in [0.4, 0.5) is 5.69 Å². The van der Waals surface area contributed by atoms with Gasteiger partial charge in [-0.3, -0.25) is 4.79 Å². The molecule has 0 spiro atoms. The summed E-state index contributed by atoms with van der Waals surface area (Å²) < 4.78 is 5.60. The molecule has 0 heterocycles. The SMILES string of the molecule is CCC(CC)C(=O)Nc1ccc(OCC(C)C)cc1. The summed E-state index contributed by atoms with van der Waals surface area (Å²) in [5, 5.41) is 2.94. The number of anilines is 1. The first-order chi connectivity index (χ1) is 9.06. The third-order valence-electron chi connectivity index (χ3n) is 3.06. The third-order valence-corrected chi connectivity index (χ3v) is 3.06.